The quantitative estimate of drug-likeness (QED) is 0.470. The van der Waals surface area contributed by atoms with Gasteiger partial charge in [0.05, 0.1) is 13.2 Å². The summed E-state index contributed by atoms with van der Waals surface area (Å²) in [5, 5.41) is 3.72. The van der Waals surface area contributed by atoms with Crippen molar-refractivity contribution < 1.29 is 4.74 Å². The van der Waals surface area contributed by atoms with Gasteiger partial charge in [0.15, 0.2) is 0 Å². The van der Waals surface area contributed by atoms with Crippen LogP contribution in [0.5, 0.6) is 0 Å². The van der Waals surface area contributed by atoms with Gasteiger partial charge in [0.25, 0.3) is 0 Å². The van der Waals surface area contributed by atoms with Gasteiger partial charge in [-0.05, 0) is 13.8 Å². The van der Waals surface area contributed by atoms with Gasteiger partial charge in [0, 0.05) is 18.5 Å². The normalized spacial score (nSPS) is 10.4. The largest absolute Gasteiger partial charge is 0.375 e. The van der Waals surface area contributed by atoms with Crippen LogP contribution in [0.3, 0.4) is 0 Å². The highest BCUT2D eigenvalue weighted by Gasteiger charge is 2.07. The highest BCUT2D eigenvalue weighted by atomic mass is 35.5. The lowest BCUT2D eigenvalue weighted by molar-refractivity contribution is 0.167. The summed E-state index contributed by atoms with van der Waals surface area (Å²) in [5.74, 6) is 1.53. The summed E-state index contributed by atoms with van der Waals surface area (Å²) in [6, 6.07) is 0. The van der Waals surface area contributed by atoms with Gasteiger partial charge in [-0.2, -0.15) is 0 Å². The Bertz CT molecular complexity index is 421. The zero-order chi connectivity index (χ0) is 13.5. The fourth-order valence-corrected chi connectivity index (χ4v) is 1.54. The van der Waals surface area contributed by atoms with Gasteiger partial charge in [-0.1, -0.05) is 30.7 Å². The third-order valence-corrected chi connectivity index (χ3v) is 2.70. The van der Waals surface area contributed by atoms with E-state index in [2.05, 4.69) is 21.9 Å². The summed E-state index contributed by atoms with van der Waals surface area (Å²) in [6.07, 6.45) is 0.765. The summed E-state index contributed by atoms with van der Waals surface area (Å²) in [7, 11) is 0. The molecule has 1 aromatic rings. The van der Waals surface area contributed by atoms with Crippen molar-refractivity contribution in [2.24, 2.45) is 0 Å². The van der Waals surface area contributed by atoms with E-state index in [-0.39, 0.29) is 0 Å². The standard InChI is InChI=1S/C13H20ClN3O/c1-5-11-16-12(14)10(4)13(17-11)15-6-7-18-8-9(2)3/h2,5-8H2,1,3-4H3,(H,15,16,17). The second-order valence-corrected chi connectivity index (χ2v) is 4.55. The molecular weight excluding hydrogens is 250 g/mol. The van der Waals surface area contributed by atoms with E-state index < -0.39 is 0 Å². The SMILES string of the molecule is C=C(C)COCCNc1nc(CC)nc(Cl)c1C. The van der Waals surface area contributed by atoms with Gasteiger partial charge < -0.3 is 10.1 Å². The van der Waals surface area contributed by atoms with E-state index in [1.54, 1.807) is 0 Å². The highest BCUT2D eigenvalue weighted by Crippen LogP contribution is 2.19. The number of nitrogens with zero attached hydrogens (tertiary/aromatic N) is 2. The van der Waals surface area contributed by atoms with Crippen LogP contribution in [0.1, 0.15) is 25.2 Å². The number of hydrogen-bond donors (Lipinski definition) is 1. The molecule has 1 N–H and O–H groups in total. The Balaban J connectivity index is 2.51. The molecule has 1 aromatic heterocycles. The molecule has 0 bridgehead atoms. The maximum atomic E-state index is 6.05. The first-order valence-electron chi connectivity index (χ1n) is 6.03. The van der Waals surface area contributed by atoms with Crippen molar-refractivity contribution in [1.29, 1.82) is 0 Å². The predicted octanol–water partition coefficient (Wildman–Crippen LogP) is 3.01. The number of anilines is 1. The van der Waals surface area contributed by atoms with Crippen molar-refractivity contribution in [2.75, 3.05) is 25.1 Å². The maximum absolute atomic E-state index is 6.05. The summed E-state index contributed by atoms with van der Waals surface area (Å²) in [5.41, 5.74) is 1.89. The molecular formula is C13H20ClN3O. The number of halogens is 1. The van der Waals surface area contributed by atoms with Gasteiger partial charge in [-0.3, -0.25) is 0 Å². The smallest absolute Gasteiger partial charge is 0.137 e. The predicted molar refractivity (Wildman–Crippen MR) is 75.3 cm³/mol. The first-order valence-corrected chi connectivity index (χ1v) is 6.41. The molecule has 0 saturated carbocycles. The lowest BCUT2D eigenvalue weighted by atomic mass is 10.3. The molecule has 1 heterocycles. The summed E-state index contributed by atoms with van der Waals surface area (Å²) < 4.78 is 5.41. The second kappa shape index (κ2) is 7.34. The van der Waals surface area contributed by atoms with Gasteiger partial charge in [0.1, 0.15) is 16.8 Å². The summed E-state index contributed by atoms with van der Waals surface area (Å²) in [6.45, 7) is 11.5. The van der Waals surface area contributed by atoms with Crippen LogP contribution in [-0.4, -0.2) is 29.7 Å². The van der Waals surface area contributed by atoms with Crippen LogP contribution in [0.4, 0.5) is 5.82 Å². The fraction of sp³-hybridized carbons (Fsp3) is 0.538. The number of aryl methyl sites for hydroxylation is 1. The van der Waals surface area contributed by atoms with Crippen LogP contribution in [-0.2, 0) is 11.2 Å². The van der Waals surface area contributed by atoms with Crippen LogP contribution < -0.4 is 5.32 Å². The van der Waals surface area contributed by atoms with Crippen molar-refractivity contribution in [3.8, 4) is 0 Å². The molecule has 100 valence electrons. The molecule has 0 aliphatic heterocycles. The van der Waals surface area contributed by atoms with E-state index in [0.29, 0.717) is 24.9 Å². The number of hydrogen-bond acceptors (Lipinski definition) is 4. The second-order valence-electron chi connectivity index (χ2n) is 4.19. The van der Waals surface area contributed by atoms with E-state index in [1.165, 1.54) is 0 Å². The molecule has 0 amide bonds. The van der Waals surface area contributed by atoms with Crippen LogP contribution in [0.25, 0.3) is 0 Å². The molecule has 18 heavy (non-hydrogen) atoms. The number of nitrogens with one attached hydrogen (secondary N) is 1. The van der Waals surface area contributed by atoms with Crippen molar-refractivity contribution in [1.82, 2.24) is 9.97 Å². The van der Waals surface area contributed by atoms with Gasteiger partial charge >= 0.3 is 0 Å². The van der Waals surface area contributed by atoms with E-state index in [0.717, 1.165) is 29.2 Å². The van der Waals surface area contributed by atoms with Crippen molar-refractivity contribution in [2.45, 2.75) is 27.2 Å². The fourth-order valence-electron chi connectivity index (χ4n) is 1.35. The average Bonchev–Trinajstić information content (AvgIpc) is 2.33. The Morgan fingerprint density at radius 1 is 1.44 bits per heavy atom. The molecule has 0 radical (unpaired) electrons. The maximum Gasteiger partial charge on any atom is 0.137 e. The van der Waals surface area contributed by atoms with Crippen molar-refractivity contribution in [3.63, 3.8) is 0 Å². The molecule has 1 rings (SSSR count). The summed E-state index contributed by atoms with van der Waals surface area (Å²) in [4.78, 5) is 8.60. The van der Waals surface area contributed by atoms with Crippen molar-refractivity contribution in [3.05, 3.63) is 28.7 Å². The summed E-state index contributed by atoms with van der Waals surface area (Å²) >= 11 is 6.05. The number of ether oxygens (including phenoxy) is 1. The first-order chi connectivity index (χ1) is 8.54. The number of aromatic nitrogens is 2. The Kier molecular flexibility index (Phi) is 6.09. The first kappa shape index (κ1) is 14.9. The molecule has 0 fully saturated rings. The molecule has 0 atom stereocenters. The van der Waals surface area contributed by atoms with E-state index in [1.807, 2.05) is 20.8 Å². The van der Waals surface area contributed by atoms with Crippen LogP contribution >= 0.6 is 11.6 Å². The van der Waals surface area contributed by atoms with Crippen molar-refractivity contribution >= 4 is 17.4 Å². The monoisotopic (exact) mass is 269 g/mol. The van der Waals surface area contributed by atoms with Crippen LogP contribution in [0, 0.1) is 6.92 Å². The van der Waals surface area contributed by atoms with Crippen LogP contribution in [0.2, 0.25) is 5.15 Å². The number of rotatable bonds is 7. The van der Waals surface area contributed by atoms with Gasteiger partial charge in [-0.25, -0.2) is 9.97 Å². The third-order valence-electron chi connectivity index (χ3n) is 2.34. The van der Waals surface area contributed by atoms with E-state index in [9.17, 15) is 0 Å². The Morgan fingerprint density at radius 3 is 2.78 bits per heavy atom. The average molecular weight is 270 g/mol. The van der Waals surface area contributed by atoms with E-state index >= 15 is 0 Å². The zero-order valence-electron chi connectivity index (χ0n) is 11.2. The van der Waals surface area contributed by atoms with Gasteiger partial charge in [0.2, 0.25) is 0 Å². The molecule has 0 unspecified atom stereocenters. The third kappa shape index (κ3) is 4.63. The lowest BCUT2D eigenvalue weighted by Crippen LogP contribution is -2.13. The topological polar surface area (TPSA) is 47.0 Å². The molecule has 5 heteroatoms. The molecule has 0 saturated heterocycles. The molecule has 0 aromatic carbocycles. The van der Waals surface area contributed by atoms with Gasteiger partial charge in [-0.15, -0.1) is 0 Å². The lowest BCUT2D eigenvalue weighted by Gasteiger charge is -2.11. The van der Waals surface area contributed by atoms with Crippen LogP contribution in [0.15, 0.2) is 12.2 Å². The minimum atomic E-state index is 0.507. The zero-order valence-corrected chi connectivity index (χ0v) is 12.0. The minimum absolute atomic E-state index is 0.507. The molecule has 0 spiro atoms. The Morgan fingerprint density at radius 2 is 2.17 bits per heavy atom. The molecule has 0 aliphatic rings. The Hall–Kier alpha value is -1.13. The Labute approximate surface area is 113 Å². The highest BCUT2D eigenvalue weighted by molar-refractivity contribution is 6.30. The minimum Gasteiger partial charge on any atom is -0.375 e. The molecule has 4 nitrogen and oxygen atoms in total. The molecule has 0 aliphatic carbocycles. The van der Waals surface area contributed by atoms with E-state index in [4.69, 9.17) is 16.3 Å².